The van der Waals surface area contributed by atoms with Crippen LogP contribution in [0.2, 0.25) is 0 Å². The van der Waals surface area contributed by atoms with Crippen molar-refractivity contribution in [3.8, 4) is 11.8 Å². The Morgan fingerprint density at radius 1 is 0.630 bits per heavy atom. The number of fused-ring (bicyclic) bond motifs is 2. The first-order chi connectivity index (χ1) is 22.2. The van der Waals surface area contributed by atoms with Crippen molar-refractivity contribution in [3.05, 3.63) is 131 Å². The van der Waals surface area contributed by atoms with Gasteiger partial charge in [0.1, 0.15) is 11.6 Å². The number of aliphatic hydroxyl groups excluding tert-OH is 2. The molecule has 0 radical (unpaired) electrons. The molecule has 6 aromatic rings. The highest BCUT2D eigenvalue weighted by Gasteiger charge is 2.22. The average molecular weight is 613 g/mol. The molecule has 4 aromatic carbocycles. The molecule has 0 saturated carbocycles. The summed E-state index contributed by atoms with van der Waals surface area (Å²) in [5.41, 5.74) is 5.59. The second kappa shape index (κ2) is 13.1. The number of carbonyl (C=O) groups excluding carboxylic acids is 2. The summed E-state index contributed by atoms with van der Waals surface area (Å²) in [6.45, 7) is 3.60. The van der Waals surface area contributed by atoms with Gasteiger partial charge in [-0.05, 0) is 61.4 Å². The molecule has 2 heterocycles. The predicted octanol–water partition coefficient (Wildman–Crippen LogP) is 4.66. The molecule has 10 heteroatoms. The second-order valence-electron chi connectivity index (χ2n) is 11.0. The zero-order valence-electron chi connectivity index (χ0n) is 25.2. The Bertz CT molecular complexity index is 1930. The second-order valence-corrected chi connectivity index (χ2v) is 11.0. The monoisotopic (exact) mass is 612 g/mol. The molecule has 46 heavy (non-hydrogen) atoms. The fourth-order valence-electron chi connectivity index (χ4n) is 5.06. The van der Waals surface area contributed by atoms with E-state index >= 15 is 0 Å². The van der Waals surface area contributed by atoms with Crippen LogP contribution in [0.1, 0.15) is 72.0 Å². The van der Waals surface area contributed by atoms with E-state index in [0.717, 1.165) is 33.2 Å². The molecule has 0 saturated heterocycles. The van der Waals surface area contributed by atoms with Gasteiger partial charge < -0.3 is 30.8 Å². The maximum absolute atomic E-state index is 12.6. The minimum absolute atomic E-state index is 0.455. The molecular formula is C36H32N6O4. The number of hydrogen-bond acceptors (Lipinski definition) is 6. The number of hydrogen-bond donors (Lipinski definition) is 6. The number of aliphatic hydroxyl groups is 2. The van der Waals surface area contributed by atoms with E-state index in [0.29, 0.717) is 22.8 Å². The average Bonchev–Trinajstić information content (AvgIpc) is 3.71. The van der Waals surface area contributed by atoms with Gasteiger partial charge in [0.05, 0.1) is 34.2 Å². The number of aromatic amines is 2. The molecule has 4 atom stereocenters. The van der Waals surface area contributed by atoms with Gasteiger partial charge in [0.2, 0.25) is 0 Å². The van der Waals surface area contributed by atoms with E-state index in [1.807, 2.05) is 48.5 Å². The summed E-state index contributed by atoms with van der Waals surface area (Å²) in [4.78, 5) is 40.9. The van der Waals surface area contributed by atoms with Crippen LogP contribution in [0.15, 0.2) is 97.1 Å². The van der Waals surface area contributed by atoms with Crippen molar-refractivity contribution in [2.45, 2.75) is 38.1 Å². The number of nitrogens with one attached hydrogen (secondary N) is 4. The maximum atomic E-state index is 12.6. The van der Waals surface area contributed by atoms with Crippen LogP contribution in [0.25, 0.3) is 22.1 Å². The van der Waals surface area contributed by atoms with Gasteiger partial charge in [-0.25, -0.2) is 9.97 Å². The highest BCUT2D eigenvalue weighted by molar-refractivity contribution is 5.83. The molecule has 0 unspecified atom stereocenters. The first-order valence-corrected chi connectivity index (χ1v) is 14.8. The Balaban J connectivity index is 1.12. The Hall–Kier alpha value is -5.76. The highest BCUT2D eigenvalue weighted by Crippen LogP contribution is 2.21. The van der Waals surface area contributed by atoms with Gasteiger partial charge in [-0.1, -0.05) is 72.5 Å². The smallest absolute Gasteiger partial charge is 0.254 e. The highest BCUT2D eigenvalue weighted by atomic mass is 16.3. The fraction of sp³-hybridized carbons (Fsp3) is 0.167. The van der Waals surface area contributed by atoms with Crippen molar-refractivity contribution in [1.29, 1.82) is 0 Å². The Morgan fingerprint density at radius 3 is 1.41 bits per heavy atom. The molecule has 0 aliphatic heterocycles. The molecule has 6 rings (SSSR count). The van der Waals surface area contributed by atoms with Crippen LogP contribution in [0, 0.1) is 11.8 Å². The van der Waals surface area contributed by atoms with E-state index in [1.54, 1.807) is 62.4 Å². The molecule has 0 bridgehead atoms. The number of nitrogens with zero attached hydrogens (tertiary/aromatic N) is 2. The van der Waals surface area contributed by atoms with Gasteiger partial charge in [0.25, 0.3) is 11.8 Å². The third-order valence-corrected chi connectivity index (χ3v) is 7.62. The van der Waals surface area contributed by atoms with Gasteiger partial charge in [0, 0.05) is 11.1 Å². The van der Waals surface area contributed by atoms with Crippen LogP contribution >= 0.6 is 0 Å². The molecule has 0 aliphatic carbocycles. The van der Waals surface area contributed by atoms with E-state index in [1.165, 1.54) is 0 Å². The number of carbonyl (C=O) groups is 2. The largest absolute Gasteiger partial charge is 0.378 e. The fourth-order valence-corrected chi connectivity index (χ4v) is 5.06. The van der Waals surface area contributed by atoms with Crippen LogP contribution < -0.4 is 10.6 Å². The van der Waals surface area contributed by atoms with Crippen molar-refractivity contribution in [2.75, 3.05) is 0 Å². The Kier molecular flexibility index (Phi) is 8.61. The predicted molar refractivity (Wildman–Crippen MR) is 174 cm³/mol. The summed E-state index contributed by atoms with van der Waals surface area (Å²) in [5.74, 6) is 6.49. The SMILES string of the molecule is C[C@H](NC(=O)[C@H](O)c1ccccc1)c1nc2ccc(C#Cc3ccc4nc([C@H](C)NC(=O)[C@H](O)c5ccccc5)[nH]c4c3)cc2[nH]1. The van der Waals surface area contributed by atoms with Crippen LogP contribution in [-0.2, 0) is 9.59 Å². The minimum Gasteiger partial charge on any atom is -0.378 e. The summed E-state index contributed by atoms with van der Waals surface area (Å²) in [6.07, 6.45) is -2.55. The topological polar surface area (TPSA) is 156 Å². The van der Waals surface area contributed by atoms with Gasteiger partial charge in [-0.3, -0.25) is 9.59 Å². The molecule has 230 valence electrons. The molecule has 0 aliphatic rings. The number of aromatic nitrogens is 4. The van der Waals surface area contributed by atoms with Crippen molar-refractivity contribution in [1.82, 2.24) is 30.6 Å². The molecule has 2 aromatic heterocycles. The van der Waals surface area contributed by atoms with Crippen molar-refractivity contribution in [2.24, 2.45) is 0 Å². The van der Waals surface area contributed by atoms with Crippen molar-refractivity contribution in [3.63, 3.8) is 0 Å². The standard InChI is InChI=1S/C36H32N6O4/c1-21(37-35(45)31(43)25-9-5-3-6-10-25)33-39-27-17-15-23(19-29(27)41-33)13-14-24-16-18-28-30(20-24)42-34(40-28)22(2)38-36(46)32(44)26-11-7-4-8-12-26/h3-12,15-22,31-32,43-44H,1-2H3,(H,37,45)(H,38,46)(H,39,41)(H,40,42)/t21-,22-,31+,32+/m0/s1. The lowest BCUT2D eigenvalue weighted by Gasteiger charge is -2.15. The summed E-state index contributed by atoms with van der Waals surface area (Å²) >= 11 is 0. The van der Waals surface area contributed by atoms with Crippen LogP contribution in [0.3, 0.4) is 0 Å². The van der Waals surface area contributed by atoms with Gasteiger partial charge in [-0.15, -0.1) is 0 Å². The molecule has 0 spiro atoms. The summed E-state index contributed by atoms with van der Waals surface area (Å²) in [6, 6.07) is 27.9. The zero-order valence-corrected chi connectivity index (χ0v) is 25.2. The summed E-state index contributed by atoms with van der Waals surface area (Å²) in [7, 11) is 0. The molecule has 6 N–H and O–H groups in total. The maximum Gasteiger partial charge on any atom is 0.254 e. The summed E-state index contributed by atoms with van der Waals surface area (Å²) in [5, 5.41) is 26.4. The van der Waals surface area contributed by atoms with Crippen molar-refractivity contribution >= 4 is 33.9 Å². The van der Waals surface area contributed by atoms with Gasteiger partial charge >= 0.3 is 0 Å². The molecule has 0 fully saturated rings. The normalized spacial score (nSPS) is 13.7. The Labute approximate surface area is 264 Å². The molecule has 2 amide bonds. The van der Waals surface area contributed by atoms with Crippen LogP contribution in [0.4, 0.5) is 0 Å². The van der Waals surface area contributed by atoms with E-state index < -0.39 is 36.1 Å². The quantitative estimate of drug-likeness (QED) is 0.137. The minimum atomic E-state index is -1.27. The molecular weight excluding hydrogens is 580 g/mol. The van der Waals surface area contributed by atoms with E-state index in [-0.39, 0.29) is 0 Å². The van der Waals surface area contributed by atoms with Crippen LogP contribution in [0.5, 0.6) is 0 Å². The number of amides is 2. The van der Waals surface area contributed by atoms with E-state index in [2.05, 4.69) is 42.4 Å². The first kappa shape index (κ1) is 30.3. The number of H-pyrrole nitrogens is 2. The lowest BCUT2D eigenvalue weighted by atomic mass is 10.1. The third kappa shape index (κ3) is 6.66. The first-order valence-electron chi connectivity index (χ1n) is 14.8. The van der Waals surface area contributed by atoms with Gasteiger partial charge in [0.15, 0.2) is 12.2 Å². The lowest BCUT2D eigenvalue weighted by Crippen LogP contribution is -2.32. The molecule has 10 nitrogen and oxygen atoms in total. The Morgan fingerprint density at radius 2 is 1.02 bits per heavy atom. The number of rotatable bonds is 8. The van der Waals surface area contributed by atoms with Crippen molar-refractivity contribution < 1.29 is 19.8 Å². The number of imidazole rings is 2. The number of benzene rings is 4. The summed E-state index contributed by atoms with van der Waals surface area (Å²) < 4.78 is 0. The van der Waals surface area contributed by atoms with Crippen LogP contribution in [-0.4, -0.2) is 42.0 Å². The van der Waals surface area contributed by atoms with E-state index in [4.69, 9.17) is 0 Å². The zero-order chi connectivity index (χ0) is 32.2. The van der Waals surface area contributed by atoms with Gasteiger partial charge in [-0.2, -0.15) is 0 Å². The third-order valence-electron chi connectivity index (χ3n) is 7.62. The lowest BCUT2D eigenvalue weighted by molar-refractivity contribution is -0.131. The van der Waals surface area contributed by atoms with E-state index in [9.17, 15) is 19.8 Å².